The van der Waals surface area contributed by atoms with Crippen molar-refractivity contribution in [1.82, 2.24) is 9.80 Å². The fourth-order valence-corrected chi connectivity index (χ4v) is 3.71. The van der Waals surface area contributed by atoms with E-state index in [4.69, 9.17) is 18.9 Å². The van der Waals surface area contributed by atoms with E-state index in [1.807, 2.05) is 20.8 Å². The SMILES string of the molecule is CN(CCN(C)C(=O)OC(C)(C)C)C(=O)OCc1ccc(O[C@@H]2O[C@H](C(=O)O)[C@@H](O)[C@H](O)[C@H]2O)c(C(C)(C)C)c1. The normalized spacial score (nSPS) is 23.2. The van der Waals surface area contributed by atoms with Crippen molar-refractivity contribution in [1.29, 1.82) is 0 Å². The van der Waals surface area contributed by atoms with Gasteiger partial charge < -0.3 is 49.2 Å². The van der Waals surface area contributed by atoms with Crippen molar-refractivity contribution in [2.75, 3.05) is 27.2 Å². The highest BCUT2D eigenvalue weighted by atomic mass is 16.7. The Hall–Kier alpha value is -3.13. The minimum absolute atomic E-state index is 0.0665. The van der Waals surface area contributed by atoms with E-state index in [2.05, 4.69) is 0 Å². The molecule has 1 heterocycles. The molecular weight excluding hydrogens is 528 g/mol. The summed E-state index contributed by atoms with van der Waals surface area (Å²) in [7, 11) is 3.13. The van der Waals surface area contributed by atoms with Crippen molar-refractivity contribution < 1.29 is 53.8 Å². The molecule has 0 bridgehead atoms. The molecule has 226 valence electrons. The minimum Gasteiger partial charge on any atom is -0.479 e. The first-order valence-corrected chi connectivity index (χ1v) is 12.9. The number of carboxylic acid groups (broad SMARTS) is 1. The lowest BCUT2D eigenvalue weighted by Gasteiger charge is -2.39. The second kappa shape index (κ2) is 13.0. The molecule has 1 aromatic carbocycles. The number of rotatable bonds is 8. The van der Waals surface area contributed by atoms with Crippen LogP contribution in [0.15, 0.2) is 18.2 Å². The molecule has 13 nitrogen and oxygen atoms in total. The minimum atomic E-state index is -1.83. The van der Waals surface area contributed by atoms with Crippen LogP contribution in [0, 0.1) is 0 Å². The van der Waals surface area contributed by atoms with Crippen LogP contribution in [-0.2, 0) is 31.0 Å². The van der Waals surface area contributed by atoms with Gasteiger partial charge in [-0.25, -0.2) is 14.4 Å². The zero-order valence-electron chi connectivity index (χ0n) is 24.3. The summed E-state index contributed by atoms with van der Waals surface area (Å²) in [6.45, 7) is 11.4. The molecule has 1 saturated heterocycles. The number of aliphatic carboxylic acids is 1. The van der Waals surface area contributed by atoms with Crippen LogP contribution in [0.2, 0.25) is 0 Å². The molecule has 2 rings (SSSR count). The van der Waals surface area contributed by atoms with Crippen molar-refractivity contribution >= 4 is 18.2 Å². The van der Waals surface area contributed by atoms with Gasteiger partial charge in [0.05, 0.1) is 0 Å². The van der Waals surface area contributed by atoms with Crippen LogP contribution in [0.25, 0.3) is 0 Å². The lowest BCUT2D eigenvalue weighted by Crippen LogP contribution is -2.61. The molecule has 1 aliphatic heterocycles. The number of hydrogen-bond acceptors (Lipinski definition) is 10. The monoisotopic (exact) mass is 570 g/mol. The molecule has 0 spiro atoms. The van der Waals surface area contributed by atoms with Gasteiger partial charge in [0.25, 0.3) is 0 Å². The van der Waals surface area contributed by atoms with E-state index in [0.29, 0.717) is 11.1 Å². The molecule has 40 heavy (non-hydrogen) atoms. The first-order valence-electron chi connectivity index (χ1n) is 12.9. The maximum atomic E-state index is 12.5. The number of ether oxygens (including phenoxy) is 4. The highest BCUT2D eigenvalue weighted by Crippen LogP contribution is 2.35. The Morgan fingerprint density at radius 2 is 1.48 bits per heavy atom. The van der Waals surface area contributed by atoms with Gasteiger partial charge in [0, 0.05) is 32.7 Å². The van der Waals surface area contributed by atoms with Crippen LogP contribution in [0.5, 0.6) is 5.75 Å². The third kappa shape index (κ3) is 8.95. The zero-order chi connectivity index (χ0) is 30.6. The third-order valence-electron chi connectivity index (χ3n) is 6.06. The Kier molecular flexibility index (Phi) is 10.8. The molecule has 0 aliphatic carbocycles. The number of hydrogen-bond donors (Lipinski definition) is 4. The second-order valence-electron chi connectivity index (χ2n) is 11.8. The molecule has 1 aromatic rings. The van der Waals surface area contributed by atoms with E-state index in [1.165, 1.54) is 9.80 Å². The summed E-state index contributed by atoms with van der Waals surface area (Å²) in [5.74, 6) is -1.26. The van der Waals surface area contributed by atoms with Gasteiger partial charge in [-0.2, -0.15) is 0 Å². The summed E-state index contributed by atoms with van der Waals surface area (Å²) in [4.78, 5) is 38.7. The number of benzene rings is 1. The summed E-state index contributed by atoms with van der Waals surface area (Å²) in [6.07, 6.45) is -9.77. The fraction of sp³-hybridized carbons (Fsp3) is 0.667. The van der Waals surface area contributed by atoms with E-state index in [0.717, 1.165) is 0 Å². The third-order valence-corrected chi connectivity index (χ3v) is 6.06. The Bertz CT molecular complexity index is 1050. The van der Waals surface area contributed by atoms with Gasteiger partial charge >= 0.3 is 18.2 Å². The Morgan fingerprint density at radius 3 is 2.00 bits per heavy atom. The van der Waals surface area contributed by atoms with Gasteiger partial charge in [-0.15, -0.1) is 0 Å². The van der Waals surface area contributed by atoms with Gasteiger partial charge in [0.1, 0.15) is 36.3 Å². The van der Waals surface area contributed by atoms with Gasteiger partial charge in [0.2, 0.25) is 6.29 Å². The van der Waals surface area contributed by atoms with Crippen LogP contribution in [0.3, 0.4) is 0 Å². The maximum absolute atomic E-state index is 12.5. The molecule has 5 atom stereocenters. The molecular formula is C27H42N2O11. The van der Waals surface area contributed by atoms with Crippen molar-refractivity contribution in [3.8, 4) is 5.75 Å². The molecule has 1 fully saturated rings. The van der Waals surface area contributed by atoms with Crippen LogP contribution in [0.4, 0.5) is 9.59 Å². The lowest BCUT2D eigenvalue weighted by molar-refractivity contribution is -0.271. The molecule has 0 unspecified atom stereocenters. The summed E-state index contributed by atoms with van der Waals surface area (Å²) < 4.78 is 21.7. The molecule has 0 aromatic heterocycles. The van der Waals surface area contributed by atoms with Gasteiger partial charge in [-0.1, -0.05) is 26.8 Å². The molecule has 4 N–H and O–H groups in total. The van der Waals surface area contributed by atoms with Crippen molar-refractivity contribution in [3.63, 3.8) is 0 Å². The largest absolute Gasteiger partial charge is 0.479 e. The second-order valence-corrected chi connectivity index (χ2v) is 11.8. The van der Waals surface area contributed by atoms with Crippen LogP contribution < -0.4 is 4.74 Å². The quantitative estimate of drug-likeness (QED) is 0.358. The Labute approximate surface area is 234 Å². The lowest BCUT2D eigenvalue weighted by atomic mass is 9.85. The number of aliphatic hydroxyl groups is 3. The Morgan fingerprint density at radius 1 is 0.900 bits per heavy atom. The standard InChI is InChI=1S/C27H42N2O11/c1-26(2,3)16-13-15(14-37-24(35)28(7)11-12-29(8)25(36)40-27(4,5)6)9-10-17(16)38-23-20(32)18(30)19(31)21(39-23)22(33)34/h9-10,13,18-21,23,30-32H,11-12,14H2,1-8H3,(H,33,34)/t18-,19-,20+,21-,23+/m0/s1. The maximum Gasteiger partial charge on any atom is 0.410 e. The molecule has 0 saturated carbocycles. The fourth-order valence-electron chi connectivity index (χ4n) is 3.71. The van der Waals surface area contributed by atoms with E-state index < -0.39 is 59.9 Å². The topological polar surface area (TPSA) is 176 Å². The van der Waals surface area contributed by atoms with Gasteiger partial charge in [0.15, 0.2) is 6.10 Å². The van der Waals surface area contributed by atoms with Crippen LogP contribution in [0.1, 0.15) is 52.7 Å². The van der Waals surface area contributed by atoms with E-state index in [-0.39, 0.29) is 25.4 Å². The summed E-state index contributed by atoms with van der Waals surface area (Å²) in [5, 5.41) is 39.6. The zero-order valence-corrected chi connectivity index (χ0v) is 24.3. The predicted molar refractivity (Wildman–Crippen MR) is 142 cm³/mol. The number of carbonyl (C=O) groups is 3. The first kappa shape index (κ1) is 33.1. The smallest absolute Gasteiger partial charge is 0.410 e. The van der Waals surface area contributed by atoms with Crippen molar-refractivity contribution in [2.24, 2.45) is 0 Å². The molecule has 13 heteroatoms. The molecule has 0 radical (unpaired) electrons. The highest BCUT2D eigenvalue weighted by Gasteiger charge is 2.48. The van der Waals surface area contributed by atoms with Crippen molar-refractivity contribution in [2.45, 2.75) is 89.9 Å². The van der Waals surface area contributed by atoms with Gasteiger partial charge in [-0.05, 0) is 43.9 Å². The highest BCUT2D eigenvalue weighted by molar-refractivity contribution is 5.73. The number of likely N-dealkylation sites (N-methyl/N-ethyl adjacent to an activating group) is 2. The Balaban J connectivity index is 2.06. The summed E-state index contributed by atoms with van der Waals surface area (Å²) in [6, 6.07) is 4.93. The molecule has 1 aliphatic rings. The van der Waals surface area contributed by atoms with E-state index in [9.17, 15) is 34.8 Å². The average molecular weight is 571 g/mol. The first-order chi connectivity index (χ1) is 18.3. The van der Waals surface area contributed by atoms with Crippen LogP contribution in [-0.4, -0.2) is 112 Å². The average Bonchev–Trinajstić information content (AvgIpc) is 2.84. The predicted octanol–water partition coefficient (Wildman–Crippen LogP) is 1.69. The number of nitrogens with zero attached hydrogens (tertiary/aromatic N) is 2. The van der Waals surface area contributed by atoms with Gasteiger partial charge in [-0.3, -0.25) is 0 Å². The summed E-state index contributed by atoms with van der Waals surface area (Å²) >= 11 is 0. The number of amides is 2. The van der Waals surface area contributed by atoms with Crippen molar-refractivity contribution in [3.05, 3.63) is 29.3 Å². The summed E-state index contributed by atoms with van der Waals surface area (Å²) in [5.41, 5.74) is 0.143. The van der Waals surface area contributed by atoms with E-state index in [1.54, 1.807) is 53.1 Å². The van der Waals surface area contributed by atoms with E-state index >= 15 is 0 Å². The number of aliphatic hydroxyl groups excluding tert-OH is 3. The molecule has 2 amide bonds. The van der Waals surface area contributed by atoms with Crippen LogP contribution >= 0.6 is 0 Å². The number of carbonyl (C=O) groups excluding carboxylic acids is 2. The number of carboxylic acids is 1.